The van der Waals surface area contributed by atoms with Crippen molar-refractivity contribution in [2.24, 2.45) is 0 Å². The Morgan fingerprint density at radius 1 is 0.943 bits per heavy atom. The van der Waals surface area contributed by atoms with E-state index in [-0.39, 0.29) is 10.8 Å². The van der Waals surface area contributed by atoms with Gasteiger partial charge in [-0.25, -0.2) is 13.4 Å². The van der Waals surface area contributed by atoms with Gasteiger partial charge < -0.3 is 5.32 Å². The van der Waals surface area contributed by atoms with Gasteiger partial charge in [-0.15, -0.1) is 11.3 Å². The molecule has 0 spiro atoms. The maximum atomic E-state index is 12.8. The van der Waals surface area contributed by atoms with Crippen LogP contribution in [0.3, 0.4) is 0 Å². The molecular weight excluding hydrogens is 502 g/mol. The van der Waals surface area contributed by atoms with Gasteiger partial charge >= 0.3 is 0 Å². The second kappa shape index (κ2) is 9.91. The van der Waals surface area contributed by atoms with Crippen LogP contribution in [-0.4, -0.2) is 36.7 Å². The molecule has 5 rings (SSSR count). The summed E-state index contributed by atoms with van der Waals surface area (Å²) in [5.41, 5.74) is 3.70. The van der Waals surface area contributed by atoms with Crippen molar-refractivity contribution in [3.05, 3.63) is 88.8 Å². The van der Waals surface area contributed by atoms with E-state index < -0.39 is 10.0 Å². The van der Waals surface area contributed by atoms with E-state index >= 15 is 0 Å². The van der Waals surface area contributed by atoms with Crippen LogP contribution in [0, 0.1) is 0 Å². The molecule has 1 saturated heterocycles. The third-order valence-corrected chi connectivity index (χ3v) is 8.89. The van der Waals surface area contributed by atoms with E-state index in [0.29, 0.717) is 29.4 Å². The van der Waals surface area contributed by atoms with Gasteiger partial charge in [-0.2, -0.15) is 4.31 Å². The molecule has 1 N–H and O–H groups in total. The summed E-state index contributed by atoms with van der Waals surface area (Å²) in [6.45, 7) is 1.09. The van der Waals surface area contributed by atoms with E-state index in [1.54, 1.807) is 18.2 Å². The van der Waals surface area contributed by atoms with Gasteiger partial charge in [0.1, 0.15) is 5.01 Å². The first-order chi connectivity index (χ1) is 16.9. The van der Waals surface area contributed by atoms with Crippen LogP contribution in [0.25, 0.3) is 21.8 Å². The van der Waals surface area contributed by atoms with E-state index in [1.807, 2.05) is 47.8 Å². The first-order valence-corrected chi connectivity index (χ1v) is 13.8. The number of benzene rings is 3. The fourth-order valence-corrected chi connectivity index (χ4v) is 6.43. The molecule has 0 bridgehead atoms. The van der Waals surface area contributed by atoms with E-state index in [4.69, 9.17) is 16.6 Å². The Hall–Kier alpha value is -3.04. The second-order valence-electron chi connectivity index (χ2n) is 8.22. The average molecular weight is 524 g/mol. The number of aromatic nitrogens is 1. The molecule has 3 aromatic carbocycles. The molecule has 1 aliphatic heterocycles. The van der Waals surface area contributed by atoms with E-state index in [1.165, 1.54) is 27.8 Å². The number of sulfonamides is 1. The average Bonchev–Trinajstić information content (AvgIpc) is 3.58. The SMILES string of the molecule is O=C(Nc1cccc(-c2csc(-c3ccc(Cl)cc3)n2)c1)c1ccc(S(=O)(=O)N2CCCC2)cc1. The van der Waals surface area contributed by atoms with Crippen molar-refractivity contribution in [2.45, 2.75) is 17.7 Å². The maximum Gasteiger partial charge on any atom is 0.255 e. The van der Waals surface area contributed by atoms with Gasteiger partial charge in [0.15, 0.2) is 0 Å². The number of hydrogen-bond donors (Lipinski definition) is 1. The maximum absolute atomic E-state index is 12.8. The van der Waals surface area contributed by atoms with Crippen molar-refractivity contribution in [3.63, 3.8) is 0 Å². The predicted molar refractivity (Wildman–Crippen MR) is 140 cm³/mol. The molecule has 6 nitrogen and oxygen atoms in total. The summed E-state index contributed by atoms with van der Waals surface area (Å²) in [4.78, 5) is 17.7. The zero-order valence-corrected chi connectivity index (χ0v) is 21.0. The molecule has 1 fully saturated rings. The van der Waals surface area contributed by atoms with Crippen LogP contribution in [0.2, 0.25) is 5.02 Å². The van der Waals surface area contributed by atoms with E-state index in [2.05, 4.69) is 5.32 Å². The van der Waals surface area contributed by atoms with Crippen molar-refractivity contribution in [1.82, 2.24) is 9.29 Å². The molecule has 178 valence electrons. The Labute approximate surface area is 213 Å². The summed E-state index contributed by atoms with van der Waals surface area (Å²) in [6.07, 6.45) is 1.75. The molecule has 1 aliphatic rings. The van der Waals surface area contributed by atoms with Gasteiger partial charge in [0.05, 0.1) is 10.6 Å². The van der Waals surface area contributed by atoms with Gasteiger partial charge in [0.25, 0.3) is 5.91 Å². The highest BCUT2D eigenvalue weighted by Crippen LogP contribution is 2.31. The summed E-state index contributed by atoms with van der Waals surface area (Å²) < 4.78 is 26.9. The molecule has 9 heteroatoms. The smallest absolute Gasteiger partial charge is 0.255 e. The van der Waals surface area contributed by atoms with Gasteiger partial charge in [-0.05, 0) is 61.4 Å². The number of hydrogen-bond acceptors (Lipinski definition) is 5. The summed E-state index contributed by atoms with van der Waals surface area (Å²) in [7, 11) is -3.51. The fraction of sp³-hybridized carbons (Fsp3) is 0.154. The van der Waals surface area contributed by atoms with Crippen LogP contribution in [0.15, 0.2) is 83.1 Å². The minimum Gasteiger partial charge on any atom is -0.322 e. The molecule has 1 amide bonds. The lowest BCUT2D eigenvalue weighted by molar-refractivity contribution is 0.102. The number of thiazole rings is 1. The molecule has 2 heterocycles. The highest BCUT2D eigenvalue weighted by atomic mass is 35.5. The Kier molecular flexibility index (Phi) is 6.71. The van der Waals surface area contributed by atoms with Crippen molar-refractivity contribution >= 4 is 44.6 Å². The van der Waals surface area contributed by atoms with Crippen molar-refractivity contribution in [2.75, 3.05) is 18.4 Å². The number of rotatable bonds is 6. The molecule has 35 heavy (non-hydrogen) atoms. The minimum atomic E-state index is -3.51. The van der Waals surface area contributed by atoms with Crippen LogP contribution >= 0.6 is 22.9 Å². The third-order valence-electron chi connectivity index (χ3n) is 5.83. The van der Waals surface area contributed by atoms with Gasteiger partial charge in [-0.3, -0.25) is 4.79 Å². The lowest BCUT2D eigenvalue weighted by Gasteiger charge is -2.15. The second-order valence-corrected chi connectivity index (χ2v) is 11.4. The molecule has 0 atom stereocenters. The number of anilines is 1. The normalized spacial score (nSPS) is 14.2. The summed E-state index contributed by atoms with van der Waals surface area (Å²) in [6, 6.07) is 21.1. The lowest BCUT2D eigenvalue weighted by atomic mass is 10.1. The third kappa shape index (κ3) is 5.16. The number of halogens is 1. The number of nitrogens with zero attached hydrogens (tertiary/aromatic N) is 2. The van der Waals surface area contributed by atoms with Gasteiger partial charge in [0.2, 0.25) is 10.0 Å². The van der Waals surface area contributed by atoms with Crippen LogP contribution in [0.5, 0.6) is 0 Å². The molecule has 0 radical (unpaired) electrons. The fourth-order valence-electron chi connectivity index (χ4n) is 3.95. The zero-order chi connectivity index (χ0) is 24.4. The van der Waals surface area contributed by atoms with Crippen LogP contribution < -0.4 is 5.32 Å². The zero-order valence-electron chi connectivity index (χ0n) is 18.6. The number of amides is 1. The van der Waals surface area contributed by atoms with Crippen molar-refractivity contribution < 1.29 is 13.2 Å². The minimum absolute atomic E-state index is 0.206. The van der Waals surface area contributed by atoms with E-state index in [9.17, 15) is 13.2 Å². The Morgan fingerprint density at radius 2 is 1.66 bits per heavy atom. The molecule has 1 aromatic heterocycles. The van der Waals surface area contributed by atoms with Gasteiger partial charge in [0, 0.05) is 45.9 Å². The van der Waals surface area contributed by atoms with Crippen LogP contribution in [0.4, 0.5) is 5.69 Å². The molecule has 0 unspecified atom stereocenters. The molecule has 0 saturated carbocycles. The Balaban J connectivity index is 1.30. The first kappa shape index (κ1) is 23.7. The molecule has 4 aromatic rings. The Morgan fingerprint density at radius 3 is 2.37 bits per heavy atom. The summed E-state index contributed by atoms with van der Waals surface area (Å²) in [5.74, 6) is -0.313. The topological polar surface area (TPSA) is 79.4 Å². The van der Waals surface area contributed by atoms with E-state index in [0.717, 1.165) is 34.7 Å². The largest absolute Gasteiger partial charge is 0.322 e. The summed E-state index contributed by atoms with van der Waals surface area (Å²) >= 11 is 7.52. The summed E-state index contributed by atoms with van der Waals surface area (Å²) in [5, 5.41) is 6.43. The number of carbonyl (C=O) groups excluding carboxylic acids is 1. The molecular formula is C26H22ClN3O3S2. The standard InChI is InChI=1S/C26H22ClN3O3S2/c27-21-10-6-19(7-11-21)26-29-24(17-34-26)20-4-3-5-22(16-20)28-25(31)18-8-12-23(13-9-18)35(32,33)30-14-1-2-15-30/h3-13,16-17H,1-2,14-15H2,(H,28,31). The lowest BCUT2D eigenvalue weighted by Crippen LogP contribution is -2.27. The van der Waals surface area contributed by atoms with Crippen molar-refractivity contribution in [1.29, 1.82) is 0 Å². The van der Waals surface area contributed by atoms with Crippen molar-refractivity contribution in [3.8, 4) is 21.8 Å². The van der Waals surface area contributed by atoms with Crippen LogP contribution in [-0.2, 0) is 10.0 Å². The number of carbonyl (C=O) groups is 1. The molecule has 0 aliphatic carbocycles. The Bertz CT molecular complexity index is 1460. The monoisotopic (exact) mass is 523 g/mol. The predicted octanol–water partition coefficient (Wildman–Crippen LogP) is 6.17. The van der Waals surface area contributed by atoms with Gasteiger partial charge in [-0.1, -0.05) is 35.9 Å². The number of nitrogens with one attached hydrogen (secondary N) is 1. The quantitative estimate of drug-likeness (QED) is 0.328. The highest BCUT2D eigenvalue weighted by Gasteiger charge is 2.27. The first-order valence-electron chi connectivity index (χ1n) is 11.1. The van der Waals surface area contributed by atoms with Crippen LogP contribution in [0.1, 0.15) is 23.2 Å². The highest BCUT2D eigenvalue weighted by molar-refractivity contribution is 7.89.